The van der Waals surface area contributed by atoms with Gasteiger partial charge in [-0.25, -0.2) is 4.79 Å². The molecule has 226 valence electrons. The van der Waals surface area contributed by atoms with Crippen molar-refractivity contribution in [3.63, 3.8) is 0 Å². The smallest absolute Gasteiger partial charge is 0.412 e. The summed E-state index contributed by atoms with van der Waals surface area (Å²) in [6, 6.07) is 24.9. The van der Waals surface area contributed by atoms with Gasteiger partial charge in [-0.05, 0) is 61.4 Å². The largest absolute Gasteiger partial charge is 0.444 e. The van der Waals surface area contributed by atoms with Crippen LogP contribution in [-0.4, -0.2) is 61.1 Å². The first kappa shape index (κ1) is 30.1. The molecule has 0 spiro atoms. The van der Waals surface area contributed by atoms with Crippen molar-refractivity contribution in [1.82, 2.24) is 10.2 Å². The molecule has 1 heterocycles. The van der Waals surface area contributed by atoms with Crippen molar-refractivity contribution in [3.05, 3.63) is 95.6 Å². The van der Waals surface area contributed by atoms with E-state index in [4.69, 9.17) is 10.5 Å². The summed E-state index contributed by atoms with van der Waals surface area (Å²) < 4.78 is 5.50. The van der Waals surface area contributed by atoms with E-state index in [2.05, 4.69) is 15.5 Å². The molecule has 0 atom stereocenters. The van der Waals surface area contributed by atoms with Gasteiger partial charge in [-0.15, -0.1) is 0 Å². The summed E-state index contributed by atoms with van der Waals surface area (Å²) in [5.74, 6) is -0.0761. The lowest BCUT2D eigenvalue weighted by Crippen LogP contribution is -2.40. The zero-order valence-electron chi connectivity index (χ0n) is 24.5. The SMILES string of the molecule is NC1CCC(NC(=O)c2ccc(N3CCCN(C(=O)Cc4ccccc4)CC3)c(NC(=O)OCc3ccccc3)c2)CC1. The molecule has 43 heavy (non-hydrogen) atoms. The molecule has 2 fully saturated rings. The van der Waals surface area contributed by atoms with Crippen LogP contribution in [0.25, 0.3) is 0 Å². The highest BCUT2D eigenvalue weighted by molar-refractivity contribution is 5.98. The molecular weight excluding hydrogens is 542 g/mol. The van der Waals surface area contributed by atoms with Crippen LogP contribution in [0, 0.1) is 0 Å². The Morgan fingerprint density at radius 2 is 1.51 bits per heavy atom. The number of hydrogen-bond donors (Lipinski definition) is 3. The number of ether oxygens (including phenoxy) is 1. The van der Waals surface area contributed by atoms with E-state index in [1.54, 1.807) is 12.1 Å². The Morgan fingerprint density at radius 3 is 2.23 bits per heavy atom. The molecule has 0 aromatic heterocycles. The standard InChI is InChI=1S/C34H41N5O4/c35-28-13-15-29(16-14-28)36-33(41)27-12-17-31(30(23-27)37-34(42)43-24-26-10-5-2-6-11-26)38-18-7-19-39(21-20-38)32(40)22-25-8-3-1-4-9-25/h1-6,8-12,17,23,28-29H,7,13-16,18-22,24,35H2,(H,36,41)(H,37,42). The van der Waals surface area contributed by atoms with E-state index in [0.29, 0.717) is 43.9 Å². The maximum absolute atomic E-state index is 13.2. The zero-order chi connectivity index (χ0) is 30.0. The molecule has 1 aliphatic heterocycles. The van der Waals surface area contributed by atoms with Crippen LogP contribution < -0.4 is 21.3 Å². The maximum atomic E-state index is 13.2. The van der Waals surface area contributed by atoms with Crippen LogP contribution in [0.3, 0.4) is 0 Å². The van der Waals surface area contributed by atoms with Crippen LogP contribution >= 0.6 is 0 Å². The van der Waals surface area contributed by atoms with Crippen molar-refractivity contribution >= 4 is 29.3 Å². The summed E-state index contributed by atoms with van der Waals surface area (Å²) in [6.07, 6.45) is 4.05. The van der Waals surface area contributed by atoms with Gasteiger partial charge in [0.25, 0.3) is 5.91 Å². The van der Waals surface area contributed by atoms with Crippen molar-refractivity contribution in [2.75, 3.05) is 36.4 Å². The molecule has 9 heteroatoms. The molecule has 0 bridgehead atoms. The molecule has 1 saturated carbocycles. The van der Waals surface area contributed by atoms with Gasteiger partial charge in [-0.3, -0.25) is 14.9 Å². The second kappa shape index (κ2) is 14.7. The van der Waals surface area contributed by atoms with Gasteiger partial charge in [0.05, 0.1) is 17.8 Å². The van der Waals surface area contributed by atoms with Crippen molar-refractivity contribution in [1.29, 1.82) is 0 Å². The number of benzene rings is 3. The van der Waals surface area contributed by atoms with Gasteiger partial charge in [0.2, 0.25) is 5.91 Å². The molecule has 9 nitrogen and oxygen atoms in total. The lowest BCUT2D eigenvalue weighted by molar-refractivity contribution is -0.130. The highest BCUT2D eigenvalue weighted by Crippen LogP contribution is 2.29. The maximum Gasteiger partial charge on any atom is 0.412 e. The monoisotopic (exact) mass is 583 g/mol. The molecule has 0 radical (unpaired) electrons. The Morgan fingerprint density at radius 1 is 0.814 bits per heavy atom. The quantitative estimate of drug-likeness (QED) is 0.354. The van der Waals surface area contributed by atoms with Crippen LogP contribution in [-0.2, 0) is 22.6 Å². The Kier molecular flexibility index (Phi) is 10.3. The summed E-state index contributed by atoms with van der Waals surface area (Å²) in [5.41, 5.74) is 9.66. The topological polar surface area (TPSA) is 117 Å². The minimum atomic E-state index is -0.599. The first-order valence-electron chi connectivity index (χ1n) is 15.2. The van der Waals surface area contributed by atoms with E-state index >= 15 is 0 Å². The number of hydrogen-bond acceptors (Lipinski definition) is 6. The molecule has 1 aliphatic carbocycles. The fourth-order valence-corrected chi connectivity index (χ4v) is 5.74. The number of carbonyl (C=O) groups is 3. The fourth-order valence-electron chi connectivity index (χ4n) is 5.74. The number of amides is 3. The second-order valence-electron chi connectivity index (χ2n) is 11.4. The lowest BCUT2D eigenvalue weighted by atomic mass is 9.91. The predicted molar refractivity (Wildman–Crippen MR) is 168 cm³/mol. The molecule has 0 unspecified atom stereocenters. The van der Waals surface area contributed by atoms with Crippen LogP contribution in [0.4, 0.5) is 16.2 Å². The van der Waals surface area contributed by atoms with E-state index < -0.39 is 6.09 Å². The molecular formula is C34H41N5O4. The van der Waals surface area contributed by atoms with Gasteiger partial charge in [0.15, 0.2) is 0 Å². The summed E-state index contributed by atoms with van der Waals surface area (Å²) in [7, 11) is 0. The van der Waals surface area contributed by atoms with Crippen molar-refractivity contribution in [2.24, 2.45) is 5.73 Å². The van der Waals surface area contributed by atoms with Crippen LogP contribution in [0.5, 0.6) is 0 Å². The molecule has 4 N–H and O–H groups in total. The number of nitrogens with two attached hydrogens (primary N) is 1. The first-order valence-corrected chi connectivity index (χ1v) is 15.2. The summed E-state index contributed by atoms with van der Waals surface area (Å²) in [6.45, 7) is 2.66. The van der Waals surface area contributed by atoms with Crippen LogP contribution in [0.2, 0.25) is 0 Å². The third kappa shape index (κ3) is 8.58. The van der Waals surface area contributed by atoms with Gasteiger partial charge < -0.3 is 25.6 Å². The van der Waals surface area contributed by atoms with E-state index in [1.165, 1.54) is 0 Å². The van der Waals surface area contributed by atoms with Gasteiger partial charge >= 0.3 is 6.09 Å². The van der Waals surface area contributed by atoms with Gasteiger partial charge in [0.1, 0.15) is 6.61 Å². The summed E-state index contributed by atoms with van der Waals surface area (Å²) in [4.78, 5) is 43.2. The number of nitrogens with zero attached hydrogens (tertiary/aromatic N) is 2. The number of carbonyl (C=O) groups excluding carboxylic acids is 3. The normalized spacial score (nSPS) is 18.8. The van der Waals surface area contributed by atoms with Crippen LogP contribution in [0.1, 0.15) is 53.6 Å². The molecule has 1 saturated heterocycles. The fraction of sp³-hybridized carbons (Fsp3) is 0.382. The van der Waals surface area contributed by atoms with Crippen molar-refractivity contribution in [2.45, 2.75) is 57.2 Å². The third-order valence-electron chi connectivity index (χ3n) is 8.20. The van der Waals surface area contributed by atoms with Crippen molar-refractivity contribution < 1.29 is 19.1 Å². The first-order chi connectivity index (χ1) is 20.9. The predicted octanol–water partition coefficient (Wildman–Crippen LogP) is 4.72. The Labute approximate surface area is 253 Å². The number of nitrogens with one attached hydrogen (secondary N) is 2. The van der Waals surface area contributed by atoms with E-state index in [-0.39, 0.29) is 30.5 Å². The average Bonchev–Trinajstić information content (AvgIpc) is 3.29. The molecule has 3 amide bonds. The van der Waals surface area contributed by atoms with E-state index in [0.717, 1.165) is 48.9 Å². The second-order valence-corrected chi connectivity index (χ2v) is 11.4. The van der Waals surface area contributed by atoms with Gasteiger partial charge in [0, 0.05) is 43.8 Å². The average molecular weight is 584 g/mol. The van der Waals surface area contributed by atoms with E-state index in [9.17, 15) is 14.4 Å². The Balaban J connectivity index is 1.29. The molecule has 2 aliphatic rings. The summed E-state index contributed by atoms with van der Waals surface area (Å²) >= 11 is 0. The highest BCUT2D eigenvalue weighted by atomic mass is 16.5. The Hall–Kier alpha value is -4.37. The minimum Gasteiger partial charge on any atom is -0.444 e. The van der Waals surface area contributed by atoms with Gasteiger partial charge in [-0.1, -0.05) is 60.7 Å². The number of anilines is 2. The lowest BCUT2D eigenvalue weighted by Gasteiger charge is -2.28. The van der Waals surface area contributed by atoms with Crippen molar-refractivity contribution in [3.8, 4) is 0 Å². The Bertz CT molecular complexity index is 1380. The zero-order valence-corrected chi connectivity index (χ0v) is 24.5. The minimum absolute atomic E-state index is 0.0873. The number of rotatable bonds is 8. The van der Waals surface area contributed by atoms with E-state index in [1.807, 2.05) is 71.6 Å². The van der Waals surface area contributed by atoms with Crippen LogP contribution in [0.15, 0.2) is 78.9 Å². The highest BCUT2D eigenvalue weighted by Gasteiger charge is 2.24. The summed E-state index contributed by atoms with van der Waals surface area (Å²) in [5, 5.41) is 6.02. The third-order valence-corrected chi connectivity index (χ3v) is 8.20. The molecule has 3 aromatic carbocycles. The van der Waals surface area contributed by atoms with Gasteiger partial charge in [-0.2, -0.15) is 0 Å². The molecule has 3 aromatic rings. The molecule has 5 rings (SSSR count).